The van der Waals surface area contributed by atoms with Gasteiger partial charge in [-0.3, -0.25) is 4.90 Å². The summed E-state index contributed by atoms with van der Waals surface area (Å²) in [6.07, 6.45) is 7.72. The molecule has 0 amide bonds. The Labute approximate surface area is 107 Å². The second-order valence-electron chi connectivity index (χ2n) is 5.27. The van der Waals surface area contributed by atoms with E-state index in [9.17, 15) is 0 Å². The van der Waals surface area contributed by atoms with E-state index in [1.165, 1.54) is 25.7 Å². The van der Waals surface area contributed by atoms with Crippen LogP contribution in [0.3, 0.4) is 0 Å². The second-order valence-corrected chi connectivity index (χ2v) is 5.27. The first-order valence-electron chi connectivity index (χ1n) is 7.35. The Morgan fingerprint density at radius 3 is 2.82 bits per heavy atom. The molecule has 3 heteroatoms. The molecule has 1 aliphatic rings. The smallest absolute Gasteiger partial charge is 0.0702 e. The molecule has 102 valence electrons. The molecule has 0 aromatic rings. The van der Waals surface area contributed by atoms with E-state index in [4.69, 9.17) is 10.5 Å². The van der Waals surface area contributed by atoms with E-state index in [1.807, 2.05) is 0 Å². The normalized spacial score (nSPS) is 23.8. The van der Waals surface area contributed by atoms with Crippen LogP contribution in [0.25, 0.3) is 0 Å². The number of ether oxygens (including phenoxy) is 1. The van der Waals surface area contributed by atoms with Gasteiger partial charge in [-0.25, -0.2) is 0 Å². The van der Waals surface area contributed by atoms with E-state index in [0.29, 0.717) is 12.1 Å². The Kier molecular flexibility index (Phi) is 7.82. The lowest BCUT2D eigenvalue weighted by molar-refractivity contribution is -0.0334. The summed E-state index contributed by atoms with van der Waals surface area (Å²) in [5.74, 6) is 0. The van der Waals surface area contributed by atoms with Crippen molar-refractivity contribution < 1.29 is 4.74 Å². The van der Waals surface area contributed by atoms with Crippen molar-refractivity contribution in [1.82, 2.24) is 4.90 Å². The summed E-state index contributed by atoms with van der Waals surface area (Å²) >= 11 is 0. The van der Waals surface area contributed by atoms with Crippen LogP contribution in [-0.2, 0) is 4.74 Å². The molecule has 2 N–H and O–H groups in total. The van der Waals surface area contributed by atoms with E-state index in [2.05, 4.69) is 18.7 Å². The third-order valence-electron chi connectivity index (χ3n) is 3.58. The fourth-order valence-electron chi connectivity index (χ4n) is 2.45. The molecule has 1 aliphatic heterocycles. The zero-order chi connectivity index (χ0) is 12.5. The summed E-state index contributed by atoms with van der Waals surface area (Å²) in [6.45, 7) is 8.69. The molecule has 1 saturated heterocycles. The van der Waals surface area contributed by atoms with Gasteiger partial charge < -0.3 is 10.5 Å². The van der Waals surface area contributed by atoms with E-state index in [1.54, 1.807) is 0 Å². The Morgan fingerprint density at radius 1 is 1.29 bits per heavy atom. The maximum Gasteiger partial charge on any atom is 0.0702 e. The van der Waals surface area contributed by atoms with Gasteiger partial charge in [-0.1, -0.05) is 33.1 Å². The average Bonchev–Trinajstić information content (AvgIpc) is 2.35. The third-order valence-corrected chi connectivity index (χ3v) is 3.58. The summed E-state index contributed by atoms with van der Waals surface area (Å²) in [5, 5.41) is 0. The van der Waals surface area contributed by atoms with Gasteiger partial charge in [0.05, 0.1) is 12.7 Å². The van der Waals surface area contributed by atoms with Gasteiger partial charge in [-0.05, 0) is 25.8 Å². The van der Waals surface area contributed by atoms with Crippen LogP contribution in [0.4, 0.5) is 0 Å². The quantitative estimate of drug-likeness (QED) is 0.710. The minimum atomic E-state index is 0.386. The summed E-state index contributed by atoms with van der Waals surface area (Å²) in [6, 6.07) is 0.386. The van der Waals surface area contributed by atoms with Gasteiger partial charge in [0.25, 0.3) is 0 Å². The molecule has 17 heavy (non-hydrogen) atoms. The highest BCUT2D eigenvalue weighted by Gasteiger charge is 2.19. The highest BCUT2D eigenvalue weighted by Crippen LogP contribution is 2.12. The highest BCUT2D eigenvalue weighted by atomic mass is 16.5. The Balaban J connectivity index is 2.15. The molecule has 0 radical (unpaired) electrons. The summed E-state index contributed by atoms with van der Waals surface area (Å²) < 4.78 is 5.79. The van der Waals surface area contributed by atoms with Crippen molar-refractivity contribution in [2.75, 3.05) is 26.2 Å². The standard InChI is InChI=1S/C14H30N2O/c1-3-5-7-14-12-16(10-11-17-14)9-8-13(15)6-4-2/h13-14H,3-12,15H2,1-2H3. The van der Waals surface area contributed by atoms with E-state index in [-0.39, 0.29) is 0 Å². The number of hydrogen-bond acceptors (Lipinski definition) is 3. The van der Waals surface area contributed by atoms with Gasteiger partial charge >= 0.3 is 0 Å². The minimum Gasteiger partial charge on any atom is -0.376 e. The first-order valence-corrected chi connectivity index (χ1v) is 7.35. The molecule has 0 bridgehead atoms. The lowest BCUT2D eigenvalue weighted by Crippen LogP contribution is -2.43. The molecule has 2 atom stereocenters. The SMILES string of the molecule is CCCCC1CN(CCC(N)CCC)CCO1. The van der Waals surface area contributed by atoms with Crippen LogP contribution in [0, 0.1) is 0 Å². The van der Waals surface area contributed by atoms with Crippen molar-refractivity contribution in [3.8, 4) is 0 Å². The second kappa shape index (κ2) is 8.90. The van der Waals surface area contributed by atoms with Crippen LogP contribution in [0.1, 0.15) is 52.4 Å². The van der Waals surface area contributed by atoms with E-state index < -0.39 is 0 Å². The van der Waals surface area contributed by atoms with Gasteiger partial charge in [0.15, 0.2) is 0 Å². The van der Waals surface area contributed by atoms with Crippen molar-refractivity contribution in [2.45, 2.75) is 64.5 Å². The van der Waals surface area contributed by atoms with Crippen LogP contribution in [0.5, 0.6) is 0 Å². The summed E-state index contributed by atoms with van der Waals surface area (Å²) in [7, 11) is 0. The molecular weight excluding hydrogens is 212 g/mol. The fourth-order valence-corrected chi connectivity index (χ4v) is 2.45. The van der Waals surface area contributed by atoms with Crippen LogP contribution in [0.2, 0.25) is 0 Å². The van der Waals surface area contributed by atoms with Crippen LogP contribution in [-0.4, -0.2) is 43.3 Å². The molecular formula is C14H30N2O. The summed E-state index contributed by atoms with van der Waals surface area (Å²) in [5.41, 5.74) is 6.06. The molecule has 0 spiro atoms. The molecule has 0 aromatic heterocycles. The molecule has 1 fully saturated rings. The van der Waals surface area contributed by atoms with E-state index >= 15 is 0 Å². The van der Waals surface area contributed by atoms with E-state index in [0.717, 1.165) is 39.1 Å². The number of nitrogens with zero attached hydrogens (tertiary/aromatic N) is 1. The van der Waals surface area contributed by atoms with Crippen LogP contribution in [0.15, 0.2) is 0 Å². The number of morpholine rings is 1. The Hall–Kier alpha value is -0.120. The first kappa shape index (κ1) is 14.9. The summed E-state index contributed by atoms with van der Waals surface area (Å²) in [4.78, 5) is 2.53. The van der Waals surface area contributed by atoms with Crippen LogP contribution >= 0.6 is 0 Å². The molecule has 0 aliphatic carbocycles. The molecule has 3 nitrogen and oxygen atoms in total. The number of rotatable bonds is 8. The van der Waals surface area contributed by atoms with Gasteiger partial charge in [0.2, 0.25) is 0 Å². The van der Waals surface area contributed by atoms with Gasteiger partial charge in [-0.15, -0.1) is 0 Å². The van der Waals surface area contributed by atoms with Crippen molar-refractivity contribution in [2.24, 2.45) is 5.73 Å². The Morgan fingerprint density at radius 2 is 2.12 bits per heavy atom. The van der Waals surface area contributed by atoms with Crippen molar-refractivity contribution in [3.05, 3.63) is 0 Å². The molecule has 2 unspecified atom stereocenters. The predicted molar refractivity (Wildman–Crippen MR) is 73.2 cm³/mol. The minimum absolute atomic E-state index is 0.386. The maximum atomic E-state index is 6.06. The van der Waals surface area contributed by atoms with Crippen molar-refractivity contribution >= 4 is 0 Å². The van der Waals surface area contributed by atoms with Crippen molar-refractivity contribution in [1.29, 1.82) is 0 Å². The monoisotopic (exact) mass is 242 g/mol. The molecule has 1 rings (SSSR count). The van der Waals surface area contributed by atoms with Gasteiger partial charge in [-0.2, -0.15) is 0 Å². The zero-order valence-corrected chi connectivity index (χ0v) is 11.7. The van der Waals surface area contributed by atoms with Gasteiger partial charge in [0.1, 0.15) is 0 Å². The zero-order valence-electron chi connectivity index (χ0n) is 11.7. The number of unbranched alkanes of at least 4 members (excludes halogenated alkanes) is 1. The molecule has 0 aromatic carbocycles. The lowest BCUT2D eigenvalue weighted by Gasteiger charge is -2.33. The maximum absolute atomic E-state index is 6.06. The van der Waals surface area contributed by atoms with Crippen LogP contribution < -0.4 is 5.73 Å². The predicted octanol–water partition coefficient (Wildman–Crippen LogP) is 2.39. The third kappa shape index (κ3) is 6.39. The molecule has 0 saturated carbocycles. The fraction of sp³-hybridized carbons (Fsp3) is 1.00. The van der Waals surface area contributed by atoms with Gasteiger partial charge in [0, 0.05) is 19.1 Å². The number of hydrogen-bond donors (Lipinski definition) is 1. The first-order chi connectivity index (χ1) is 8.26. The lowest BCUT2D eigenvalue weighted by atomic mass is 10.1. The number of nitrogens with two attached hydrogens (primary N) is 1. The topological polar surface area (TPSA) is 38.5 Å². The largest absolute Gasteiger partial charge is 0.376 e. The molecule has 1 heterocycles. The van der Waals surface area contributed by atoms with Crippen molar-refractivity contribution in [3.63, 3.8) is 0 Å². The average molecular weight is 242 g/mol. The Bertz CT molecular complexity index is 187. The highest BCUT2D eigenvalue weighted by molar-refractivity contribution is 4.73.